The van der Waals surface area contributed by atoms with Gasteiger partial charge in [-0.15, -0.1) is 11.3 Å². The summed E-state index contributed by atoms with van der Waals surface area (Å²) in [6.07, 6.45) is 1.17. The van der Waals surface area contributed by atoms with Crippen LogP contribution in [0, 0.1) is 13.8 Å². The number of methoxy groups -OCH3 is 1. The number of thiazole rings is 1. The Kier molecular flexibility index (Phi) is 4.74. The third kappa shape index (κ3) is 3.57. The molecule has 0 fully saturated rings. The molecule has 2 rings (SSSR count). The van der Waals surface area contributed by atoms with Crippen molar-refractivity contribution in [1.29, 1.82) is 0 Å². The summed E-state index contributed by atoms with van der Waals surface area (Å²) in [5.41, 5.74) is 1.73. The molecule has 0 aliphatic rings. The van der Waals surface area contributed by atoms with Crippen LogP contribution >= 0.6 is 11.3 Å². The van der Waals surface area contributed by atoms with Crippen LogP contribution in [0.5, 0.6) is 5.75 Å². The number of benzene rings is 1. The molecule has 0 unspecified atom stereocenters. The molecule has 1 amide bonds. The van der Waals surface area contributed by atoms with Crippen LogP contribution < -0.4 is 10.1 Å². The highest BCUT2D eigenvalue weighted by Crippen LogP contribution is 2.24. The zero-order chi connectivity index (χ0) is 14.5. The third-order valence-corrected chi connectivity index (χ3v) is 4.09. The molecular weight excluding hydrogens is 272 g/mol. The van der Waals surface area contributed by atoms with E-state index in [9.17, 15) is 4.79 Å². The first-order valence-electron chi connectivity index (χ1n) is 6.46. The standard InChI is InChI=1S/C15H18N2O2S/c1-10-14(20-11(2)16-10)8-9-15(18)17-12-6-4-5-7-13(12)19-3/h4-7H,8-9H2,1-3H3,(H,17,18). The Labute approximate surface area is 122 Å². The Morgan fingerprint density at radius 1 is 1.35 bits per heavy atom. The molecule has 0 atom stereocenters. The lowest BCUT2D eigenvalue weighted by atomic mass is 10.2. The number of para-hydroxylation sites is 2. The van der Waals surface area contributed by atoms with E-state index < -0.39 is 0 Å². The molecule has 0 saturated heterocycles. The van der Waals surface area contributed by atoms with Gasteiger partial charge in [-0.2, -0.15) is 0 Å². The smallest absolute Gasteiger partial charge is 0.224 e. The molecule has 20 heavy (non-hydrogen) atoms. The average molecular weight is 290 g/mol. The molecule has 1 aromatic heterocycles. The lowest BCUT2D eigenvalue weighted by Crippen LogP contribution is -2.13. The van der Waals surface area contributed by atoms with Crippen LogP contribution in [0.4, 0.5) is 5.69 Å². The highest BCUT2D eigenvalue weighted by Gasteiger charge is 2.10. The van der Waals surface area contributed by atoms with Crippen molar-refractivity contribution in [2.45, 2.75) is 26.7 Å². The lowest BCUT2D eigenvalue weighted by molar-refractivity contribution is -0.116. The molecule has 1 heterocycles. The van der Waals surface area contributed by atoms with Gasteiger partial charge in [0.05, 0.1) is 23.5 Å². The second-order valence-electron chi connectivity index (χ2n) is 4.49. The first kappa shape index (κ1) is 14.5. The summed E-state index contributed by atoms with van der Waals surface area (Å²) in [4.78, 5) is 17.5. The minimum absolute atomic E-state index is 0.0139. The van der Waals surface area contributed by atoms with E-state index in [0.717, 1.165) is 17.1 Å². The summed E-state index contributed by atoms with van der Waals surface area (Å²) in [5, 5.41) is 3.92. The maximum atomic E-state index is 12.0. The first-order valence-corrected chi connectivity index (χ1v) is 7.27. The second kappa shape index (κ2) is 6.52. The average Bonchev–Trinajstić information content (AvgIpc) is 2.75. The first-order chi connectivity index (χ1) is 9.60. The van der Waals surface area contributed by atoms with Crippen LogP contribution in [0.15, 0.2) is 24.3 Å². The number of ether oxygens (including phenoxy) is 1. The predicted octanol–water partition coefficient (Wildman–Crippen LogP) is 3.34. The van der Waals surface area contributed by atoms with Crippen LogP contribution in [0.2, 0.25) is 0 Å². The number of nitrogens with one attached hydrogen (secondary N) is 1. The number of aromatic nitrogens is 1. The van der Waals surface area contributed by atoms with Gasteiger partial charge in [0.2, 0.25) is 5.91 Å². The number of rotatable bonds is 5. The van der Waals surface area contributed by atoms with E-state index in [2.05, 4.69) is 10.3 Å². The molecular formula is C15H18N2O2S. The summed E-state index contributed by atoms with van der Waals surface area (Å²) in [6, 6.07) is 7.40. The molecule has 1 N–H and O–H groups in total. The van der Waals surface area contributed by atoms with Gasteiger partial charge in [0, 0.05) is 11.3 Å². The van der Waals surface area contributed by atoms with Crippen molar-refractivity contribution in [3.05, 3.63) is 39.8 Å². The molecule has 0 aliphatic heterocycles. The van der Waals surface area contributed by atoms with Gasteiger partial charge in [-0.3, -0.25) is 4.79 Å². The second-order valence-corrected chi connectivity index (χ2v) is 5.78. The van der Waals surface area contributed by atoms with Crippen LogP contribution in [0.25, 0.3) is 0 Å². The van der Waals surface area contributed by atoms with E-state index >= 15 is 0 Å². The number of hydrogen-bond acceptors (Lipinski definition) is 4. The molecule has 0 radical (unpaired) electrons. The van der Waals surface area contributed by atoms with Gasteiger partial charge >= 0.3 is 0 Å². The molecule has 0 aliphatic carbocycles. The fraction of sp³-hybridized carbons (Fsp3) is 0.333. The molecule has 0 saturated carbocycles. The molecule has 1 aromatic carbocycles. The van der Waals surface area contributed by atoms with Gasteiger partial charge in [-0.25, -0.2) is 4.98 Å². The van der Waals surface area contributed by atoms with Gasteiger partial charge in [-0.1, -0.05) is 12.1 Å². The number of hydrogen-bond donors (Lipinski definition) is 1. The number of nitrogens with zero attached hydrogens (tertiary/aromatic N) is 1. The van der Waals surface area contributed by atoms with E-state index in [0.29, 0.717) is 17.9 Å². The highest BCUT2D eigenvalue weighted by molar-refractivity contribution is 7.11. The van der Waals surface area contributed by atoms with E-state index in [1.807, 2.05) is 38.1 Å². The van der Waals surface area contributed by atoms with E-state index in [4.69, 9.17) is 4.74 Å². The van der Waals surface area contributed by atoms with Crippen LogP contribution in [0.3, 0.4) is 0 Å². The van der Waals surface area contributed by atoms with E-state index in [1.165, 1.54) is 4.88 Å². The number of amides is 1. The Morgan fingerprint density at radius 3 is 2.75 bits per heavy atom. The van der Waals surface area contributed by atoms with E-state index in [-0.39, 0.29) is 5.91 Å². The molecule has 2 aromatic rings. The summed E-state index contributed by atoms with van der Waals surface area (Å²) in [7, 11) is 1.59. The SMILES string of the molecule is COc1ccccc1NC(=O)CCc1sc(C)nc1C. The fourth-order valence-corrected chi connectivity index (χ4v) is 2.93. The Morgan fingerprint density at radius 2 is 2.10 bits per heavy atom. The molecule has 4 nitrogen and oxygen atoms in total. The van der Waals surface area contributed by atoms with Crippen molar-refractivity contribution in [3.8, 4) is 5.75 Å². The summed E-state index contributed by atoms with van der Waals surface area (Å²) >= 11 is 1.65. The maximum absolute atomic E-state index is 12.0. The zero-order valence-electron chi connectivity index (χ0n) is 11.9. The number of carbonyl (C=O) groups excluding carboxylic acids is 1. The van der Waals surface area contributed by atoms with Crippen molar-refractivity contribution < 1.29 is 9.53 Å². The molecule has 5 heteroatoms. The fourth-order valence-electron chi connectivity index (χ4n) is 1.99. The maximum Gasteiger partial charge on any atom is 0.224 e. The largest absolute Gasteiger partial charge is 0.495 e. The summed E-state index contributed by atoms with van der Waals surface area (Å²) in [6.45, 7) is 3.97. The quantitative estimate of drug-likeness (QED) is 0.919. The normalized spacial score (nSPS) is 10.3. The topological polar surface area (TPSA) is 51.2 Å². The van der Waals surface area contributed by atoms with Gasteiger partial charge in [-0.05, 0) is 32.4 Å². The van der Waals surface area contributed by atoms with Crippen molar-refractivity contribution in [1.82, 2.24) is 4.98 Å². The number of anilines is 1. The van der Waals surface area contributed by atoms with Crippen molar-refractivity contribution >= 4 is 22.9 Å². The Balaban J connectivity index is 1.94. The predicted molar refractivity (Wildman–Crippen MR) is 81.5 cm³/mol. The molecule has 0 spiro atoms. The van der Waals surface area contributed by atoms with Gasteiger partial charge < -0.3 is 10.1 Å². The minimum atomic E-state index is -0.0139. The van der Waals surface area contributed by atoms with Crippen LogP contribution in [0.1, 0.15) is 22.0 Å². The van der Waals surface area contributed by atoms with Gasteiger partial charge in [0.15, 0.2) is 0 Å². The molecule has 106 valence electrons. The van der Waals surface area contributed by atoms with Gasteiger partial charge in [0.1, 0.15) is 5.75 Å². The highest BCUT2D eigenvalue weighted by atomic mass is 32.1. The van der Waals surface area contributed by atoms with Crippen molar-refractivity contribution in [3.63, 3.8) is 0 Å². The minimum Gasteiger partial charge on any atom is -0.495 e. The van der Waals surface area contributed by atoms with Crippen LogP contribution in [-0.2, 0) is 11.2 Å². The summed E-state index contributed by atoms with van der Waals surface area (Å²) < 4.78 is 5.21. The van der Waals surface area contributed by atoms with Crippen LogP contribution in [-0.4, -0.2) is 18.0 Å². The monoisotopic (exact) mass is 290 g/mol. The van der Waals surface area contributed by atoms with Crippen molar-refractivity contribution in [2.24, 2.45) is 0 Å². The molecule has 0 bridgehead atoms. The third-order valence-electron chi connectivity index (χ3n) is 2.96. The Bertz CT molecular complexity index is 608. The number of aryl methyl sites for hydroxylation is 3. The van der Waals surface area contributed by atoms with Gasteiger partial charge in [0.25, 0.3) is 0 Å². The Hall–Kier alpha value is -1.88. The summed E-state index contributed by atoms with van der Waals surface area (Å²) in [5.74, 6) is 0.658. The zero-order valence-corrected chi connectivity index (χ0v) is 12.7. The van der Waals surface area contributed by atoms with Crippen molar-refractivity contribution in [2.75, 3.05) is 12.4 Å². The lowest BCUT2D eigenvalue weighted by Gasteiger charge is -2.09. The number of carbonyl (C=O) groups is 1. The van der Waals surface area contributed by atoms with E-state index in [1.54, 1.807) is 18.4 Å².